The number of ether oxygens (including phenoxy) is 3. The lowest BCUT2D eigenvalue weighted by Crippen LogP contribution is -2.59. The average molecular weight is 573 g/mol. The zero-order chi connectivity index (χ0) is 29.8. The highest BCUT2D eigenvalue weighted by molar-refractivity contribution is 5.91. The maximum atomic E-state index is 12.9. The van der Waals surface area contributed by atoms with Gasteiger partial charge < -0.3 is 19.1 Å². The zero-order valence-electron chi connectivity index (χ0n) is 25.5. The standard InChI is InChI=1S/C32H40N6O4/c1-19-15-37(16-20(2)38(19)31(39)42-32(3,4)5)23-11-25-24(21-8-9-21)12-28(34-30(25)33-14-23)26-10-22-17-36(6)35-27(22)13-29(26)41-18-40-7/h10-14,17,19-21H,8-9,15-16,18H2,1-7H3/t19-,20+. The van der Waals surface area contributed by atoms with Crippen LogP contribution < -0.4 is 9.64 Å². The van der Waals surface area contributed by atoms with E-state index in [1.165, 1.54) is 5.56 Å². The summed E-state index contributed by atoms with van der Waals surface area (Å²) < 4.78 is 18.7. The van der Waals surface area contributed by atoms with Gasteiger partial charge in [-0.3, -0.25) is 9.58 Å². The number of piperazine rings is 1. The summed E-state index contributed by atoms with van der Waals surface area (Å²) in [6.45, 7) is 11.4. The van der Waals surface area contributed by atoms with Crippen LogP contribution in [0.4, 0.5) is 10.5 Å². The summed E-state index contributed by atoms with van der Waals surface area (Å²) in [6.07, 6.45) is 5.95. The van der Waals surface area contributed by atoms with Gasteiger partial charge in [0.2, 0.25) is 0 Å². The molecule has 1 amide bonds. The van der Waals surface area contributed by atoms with Crippen molar-refractivity contribution >= 4 is 33.7 Å². The monoisotopic (exact) mass is 572 g/mol. The van der Waals surface area contributed by atoms with Gasteiger partial charge >= 0.3 is 6.09 Å². The lowest BCUT2D eigenvalue weighted by atomic mass is 10.0. The number of aryl methyl sites for hydroxylation is 1. The SMILES string of the molecule is COCOc1cc2nn(C)cc2cc1-c1cc(C2CC2)c2cc(N3C[C@@H](C)N(C(=O)OC(C)(C)C)[C@@H](C)C3)cnc2n1. The van der Waals surface area contributed by atoms with E-state index in [0.29, 0.717) is 24.8 Å². The Kier molecular flexibility index (Phi) is 7.21. The highest BCUT2D eigenvalue weighted by atomic mass is 16.7. The molecule has 0 radical (unpaired) electrons. The Hall–Kier alpha value is -3.92. The minimum absolute atomic E-state index is 0.00406. The lowest BCUT2D eigenvalue weighted by molar-refractivity contribution is 0.00565. The molecule has 42 heavy (non-hydrogen) atoms. The Morgan fingerprint density at radius 1 is 1.07 bits per heavy atom. The van der Waals surface area contributed by atoms with E-state index in [1.807, 2.05) is 51.2 Å². The van der Waals surface area contributed by atoms with E-state index in [4.69, 9.17) is 24.2 Å². The third-order valence-corrected chi connectivity index (χ3v) is 7.92. The zero-order valence-corrected chi connectivity index (χ0v) is 25.5. The Labute approximate surface area is 246 Å². The molecule has 0 N–H and O–H groups in total. The molecule has 1 saturated carbocycles. The first-order valence-electron chi connectivity index (χ1n) is 14.7. The van der Waals surface area contributed by atoms with Gasteiger partial charge in [-0.1, -0.05) is 0 Å². The van der Waals surface area contributed by atoms with E-state index >= 15 is 0 Å². The second-order valence-corrected chi connectivity index (χ2v) is 12.7. The fraction of sp³-hybridized carbons (Fsp3) is 0.500. The largest absolute Gasteiger partial charge is 0.467 e. The lowest BCUT2D eigenvalue weighted by Gasteiger charge is -2.45. The van der Waals surface area contributed by atoms with Crippen molar-refractivity contribution in [2.75, 3.05) is 31.9 Å². The smallest absolute Gasteiger partial charge is 0.410 e. The van der Waals surface area contributed by atoms with Gasteiger partial charge in [-0.15, -0.1) is 0 Å². The van der Waals surface area contributed by atoms with Crippen LogP contribution in [0.15, 0.2) is 36.7 Å². The maximum Gasteiger partial charge on any atom is 0.410 e. The summed E-state index contributed by atoms with van der Waals surface area (Å²) in [4.78, 5) is 27.0. The van der Waals surface area contributed by atoms with E-state index in [0.717, 1.165) is 51.7 Å². The molecule has 10 heteroatoms. The van der Waals surface area contributed by atoms with Crippen LogP contribution in [-0.4, -0.2) is 75.4 Å². The fourth-order valence-corrected chi connectivity index (χ4v) is 5.99. The molecule has 1 aliphatic carbocycles. The normalized spacial score (nSPS) is 19.5. The predicted octanol–water partition coefficient (Wildman–Crippen LogP) is 5.88. The molecule has 0 bridgehead atoms. The molecule has 1 saturated heterocycles. The fourth-order valence-electron chi connectivity index (χ4n) is 5.99. The van der Waals surface area contributed by atoms with E-state index in [-0.39, 0.29) is 25.0 Å². The van der Waals surface area contributed by atoms with E-state index in [9.17, 15) is 4.79 Å². The second kappa shape index (κ2) is 10.7. The number of hydrogen-bond donors (Lipinski definition) is 0. The summed E-state index contributed by atoms with van der Waals surface area (Å²) in [5, 5.41) is 6.64. The molecular weight excluding hydrogens is 532 g/mol. The van der Waals surface area contributed by atoms with Gasteiger partial charge in [0, 0.05) is 55.8 Å². The number of nitrogens with zero attached hydrogens (tertiary/aromatic N) is 6. The van der Waals surface area contributed by atoms with Crippen LogP contribution in [0.5, 0.6) is 5.75 Å². The first-order chi connectivity index (χ1) is 20.0. The summed E-state index contributed by atoms with van der Waals surface area (Å²) in [5.74, 6) is 1.16. The predicted molar refractivity (Wildman–Crippen MR) is 163 cm³/mol. The van der Waals surface area contributed by atoms with Gasteiger partial charge in [0.25, 0.3) is 0 Å². The third kappa shape index (κ3) is 5.60. The molecule has 6 rings (SSSR count). The minimum Gasteiger partial charge on any atom is -0.467 e. The minimum atomic E-state index is -0.526. The van der Waals surface area contributed by atoms with Crippen LogP contribution in [0.25, 0.3) is 33.2 Å². The molecule has 222 valence electrons. The van der Waals surface area contributed by atoms with Gasteiger partial charge in [-0.25, -0.2) is 14.8 Å². The molecule has 2 atom stereocenters. The molecule has 0 unspecified atom stereocenters. The van der Waals surface area contributed by atoms with Crippen LogP contribution in [0.1, 0.15) is 58.9 Å². The summed E-state index contributed by atoms with van der Waals surface area (Å²) >= 11 is 0. The van der Waals surface area contributed by atoms with Crippen LogP contribution in [0.2, 0.25) is 0 Å². The highest BCUT2D eigenvalue weighted by Gasteiger charge is 2.36. The number of aromatic nitrogens is 4. The van der Waals surface area contributed by atoms with Gasteiger partial charge in [-0.05, 0) is 77.1 Å². The van der Waals surface area contributed by atoms with Crippen LogP contribution >= 0.6 is 0 Å². The van der Waals surface area contributed by atoms with E-state index in [2.05, 4.69) is 42.0 Å². The second-order valence-electron chi connectivity index (χ2n) is 12.7. The van der Waals surface area contributed by atoms with Crippen molar-refractivity contribution < 1.29 is 19.0 Å². The summed E-state index contributed by atoms with van der Waals surface area (Å²) in [7, 11) is 3.52. The Balaban J connectivity index is 1.35. The number of anilines is 1. The van der Waals surface area contributed by atoms with E-state index in [1.54, 1.807) is 11.8 Å². The van der Waals surface area contributed by atoms with Crippen molar-refractivity contribution in [1.82, 2.24) is 24.6 Å². The Morgan fingerprint density at radius 3 is 2.48 bits per heavy atom. The van der Waals surface area contributed by atoms with E-state index < -0.39 is 5.60 Å². The summed E-state index contributed by atoms with van der Waals surface area (Å²) in [6, 6.07) is 8.45. The third-order valence-electron chi connectivity index (χ3n) is 7.92. The molecule has 4 heterocycles. The number of pyridine rings is 2. The quantitative estimate of drug-likeness (QED) is 0.265. The number of amides is 1. The summed E-state index contributed by atoms with van der Waals surface area (Å²) in [5.41, 5.74) is 5.08. The molecule has 2 fully saturated rings. The maximum absolute atomic E-state index is 12.9. The first kappa shape index (κ1) is 28.2. The van der Waals surface area contributed by atoms with Crippen molar-refractivity contribution in [3.63, 3.8) is 0 Å². The van der Waals surface area contributed by atoms with Gasteiger partial charge in [0.05, 0.1) is 35.2 Å². The van der Waals surface area contributed by atoms with Gasteiger partial charge in [-0.2, -0.15) is 5.10 Å². The number of benzene rings is 1. The van der Waals surface area contributed by atoms with Crippen LogP contribution in [-0.2, 0) is 16.5 Å². The number of fused-ring (bicyclic) bond motifs is 2. The number of carbonyl (C=O) groups is 1. The van der Waals surface area contributed by atoms with Crippen molar-refractivity contribution in [2.45, 2.75) is 71.1 Å². The number of carbonyl (C=O) groups excluding carboxylic acids is 1. The topological polar surface area (TPSA) is 94.8 Å². The number of methoxy groups -OCH3 is 1. The molecule has 10 nitrogen and oxygen atoms in total. The van der Waals surface area contributed by atoms with Crippen LogP contribution in [0, 0.1) is 0 Å². The van der Waals surface area contributed by atoms with Crippen molar-refractivity contribution in [2.24, 2.45) is 7.05 Å². The molecule has 4 aromatic rings. The number of rotatable bonds is 6. The Bertz CT molecular complexity index is 1630. The average Bonchev–Trinajstić information content (AvgIpc) is 3.69. The van der Waals surface area contributed by atoms with Crippen molar-refractivity contribution in [3.05, 3.63) is 42.2 Å². The Morgan fingerprint density at radius 2 is 1.81 bits per heavy atom. The molecule has 1 aromatic carbocycles. The molecule has 2 aliphatic rings. The van der Waals surface area contributed by atoms with Crippen molar-refractivity contribution in [3.8, 4) is 17.0 Å². The molecule has 1 aliphatic heterocycles. The first-order valence-corrected chi connectivity index (χ1v) is 14.7. The van der Waals surface area contributed by atoms with Gasteiger partial charge in [0.1, 0.15) is 11.4 Å². The highest BCUT2D eigenvalue weighted by Crippen LogP contribution is 2.45. The number of hydrogen-bond acceptors (Lipinski definition) is 8. The molecule has 3 aromatic heterocycles. The van der Waals surface area contributed by atoms with Gasteiger partial charge in [0.15, 0.2) is 12.4 Å². The molecular formula is C32H40N6O4. The van der Waals surface area contributed by atoms with Crippen LogP contribution in [0.3, 0.4) is 0 Å². The van der Waals surface area contributed by atoms with Crippen molar-refractivity contribution in [1.29, 1.82) is 0 Å². The molecule has 0 spiro atoms.